The molecule has 0 atom stereocenters. The van der Waals surface area contributed by atoms with E-state index in [-0.39, 0.29) is 10.7 Å². The van der Waals surface area contributed by atoms with E-state index >= 15 is 0 Å². The normalized spacial score (nSPS) is 16.5. The SMILES string of the molecule is O=C(C=Cc1ccccc1Cl)NCC1(Sc2ccccc2)CCOCC1. The zero-order valence-electron chi connectivity index (χ0n) is 14.5. The highest BCUT2D eigenvalue weighted by Gasteiger charge is 2.34. The molecule has 1 aliphatic heterocycles. The van der Waals surface area contributed by atoms with Crippen LogP contribution in [0.3, 0.4) is 0 Å². The quantitative estimate of drug-likeness (QED) is 0.723. The van der Waals surface area contributed by atoms with E-state index in [0.717, 1.165) is 31.6 Å². The molecule has 1 saturated heterocycles. The van der Waals surface area contributed by atoms with Crippen LogP contribution in [0.15, 0.2) is 65.6 Å². The van der Waals surface area contributed by atoms with E-state index in [1.165, 1.54) is 4.90 Å². The Hall–Kier alpha value is -1.75. The van der Waals surface area contributed by atoms with Crippen molar-refractivity contribution in [1.29, 1.82) is 0 Å². The molecule has 0 spiro atoms. The first-order valence-corrected chi connectivity index (χ1v) is 9.89. The summed E-state index contributed by atoms with van der Waals surface area (Å²) in [5.41, 5.74) is 0.837. The lowest BCUT2D eigenvalue weighted by Gasteiger charge is -2.36. The van der Waals surface area contributed by atoms with E-state index in [1.54, 1.807) is 12.2 Å². The lowest BCUT2D eigenvalue weighted by Crippen LogP contribution is -2.44. The zero-order chi connectivity index (χ0) is 18.2. The van der Waals surface area contributed by atoms with Crippen LogP contribution in [0.4, 0.5) is 0 Å². The summed E-state index contributed by atoms with van der Waals surface area (Å²) in [4.78, 5) is 13.5. The number of hydrogen-bond acceptors (Lipinski definition) is 3. The number of nitrogens with one attached hydrogen (secondary N) is 1. The summed E-state index contributed by atoms with van der Waals surface area (Å²) in [5.74, 6) is -0.107. The van der Waals surface area contributed by atoms with Crippen molar-refractivity contribution in [2.24, 2.45) is 0 Å². The third-order valence-corrected chi connectivity index (χ3v) is 6.22. The van der Waals surface area contributed by atoms with E-state index in [9.17, 15) is 4.79 Å². The molecular weight excluding hydrogens is 366 g/mol. The molecule has 1 amide bonds. The second kappa shape index (κ2) is 9.26. The number of thioether (sulfide) groups is 1. The fourth-order valence-corrected chi connectivity index (χ4v) is 4.39. The van der Waals surface area contributed by atoms with Crippen LogP contribution in [0, 0.1) is 0 Å². The van der Waals surface area contributed by atoms with Gasteiger partial charge >= 0.3 is 0 Å². The van der Waals surface area contributed by atoms with Gasteiger partial charge in [0.15, 0.2) is 0 Å². The Balaban J connectivity index is 1.62. The Labute approximate surface area is 163 Å². The van der Waals surface area contributed by atoms with Crippen LogP contribution >= 0.6 is 23.4 Å². The summed E-state index contributed by atoms with van der Waals surface area (Å²) in [6, 6.07) is 17.8. The molecule has 0 aromatic heterocycles. The number of rotatable bonds is 6. The molecule has 0 bridgehead atoms. The highest BCUT2D eigenvalue weighted by Crippen LogP contribution is 2.40. The molecule has 1 heterocycles. The van der Waals surface area contributed by atoms with E-state index in [4.69, 9.17) is 16.3 Å². The van der Waals surface area contributed by atoms with E-state index in [2.05, 4.69) is 17.4 Å². The van der Waals surface area contributed by atoms with Crippen molar-refractivity contribution in [1.82, 2.24) is 5.32 Å². The van der Waals surface area contributed by atoms with Gasteiger partial charge in [-0.15, -0.1) is 11.8 Å². The van der Waals surface area contributed by atoms with Crippen molar-refractivity contribution in [3.8, 4) is 0 Å². The number of halogens is 1. The fraction of sp³-hybridized carbons (Fsp3) is 0.286. The molecule has 1 aliphatic rings. The summed E-state index contributed by atoms with van der Waals surface area (Å²) in [5, 5.41) is 3.69. The molecule has 5 heteroatoms. The number of amides is 1. The van der Waals surface area contributed by atoms with E-state index in [1.807, 2.05) is 54.2 Å². The lowest BCUT2D eigenvalue weighted by atomic mass is 9.99. The van der Waals surface area contributed by atoms with E-state index in [0.29, 0.717) is 11.6 Å². The standard InChI is InChI=1S/C21H22ClNO2S/c22-19-9-5-4-6-17(19)10-11-20(24)23-16-21(12-14-25-15-13-21)26-18-7-2-1-3-8-18/h1-11H,12-16H2,(H,23,24). The second-order valence-corrected chi connectivity index (χ2v) is 8.23. The number of carbonyl (C=O) groups is 1. The van der Waals surface area contributed by atoms with Crippen LogP contribution in [-0.4, -0.2) is 30.4 Å². The Kier molecular flexibility index (Phi) is 6.78. The first kappa shape index (κ1) is 19.0. The zero-order valence-corrected chi connectivity index (χ0v) is 16.1. The van der Waals surface area contributed by atoms with Crippen LogP contribution in [0.1, 0.15) is 18.4 Å². The number of ether oxygens (including phenoxy) is 1. The summed E-state index contributed by atoms with van der Waals surface area (Å²) >= 11 is 7.95. The van der Waals surface area contributed by atoms with Crippen molar-refractivity contribution in [2.75, 3.05) is 19.8 Å². The summed E-state index contributed by atoms with van der Waals surface area (Å²) in [6.07, 6.45) is 5.13. The molecule has 1 fully saturated rings. The first-order chi connectivity index (χ1) is 12.7. The van der Waals surface area contributed by atoms with Crippen molar-refractivity contribution in [3.63, 3.8) is 0 Å². The Morgan fingerprint density at radius 2 is 1.81 bits per heavy atom. The van der Waals surface area contributed by atoms with Crippen LogP contribution < -0.4 is 5.32 Å². The molecule has 3 nitrogen and oxygen atoms in total. The Bertz CT molecular complexity index is 758. The number of hydrogen-bond donors (Lipinski definition) is 1. The van der Waals surface area contributed by atoms with Crippen molar-refractivity contribution < 1.29 is 9.53 Å². The van der Waals surface area contributed by atoms with Crippen molar-refractivity contribution >= 4 is 35.3 Å². The molecule has 0 unspecified atom stereocenters. The van der Waals surface area contributed by atoms with Crippen LogP contribution in [0.25, 0.3) is 6.08 Å². The van der Waals surface area contributed by atoms with Crippen LogP contribution in [-0.2, 0) is 9.53 Å². The van der Waals surface area contributed by atoms with Gasteiger partial charge < -0.3 is 10.1 Å². The Morgan fingerprint density at radius 1 is 1.12 bits per heavy atom. The molecule has 2 aromatic rings. The predicted octanol–water partition coefficient (Wildman–Crippen LogP) is 4.81. The molecule has 3 rings (SSSR count). The molecule has 2 aromatic carbocycles. The Morgan fingerprint density at radius 3 is 2.54 bits per heavy atom. The van der Waals surface area contributed by atoms with Gasteiger partial charge in [0.2, 0.25) is 5.91 Å². The molecule has 0 aliphatic carbocycles. The average molecular weight is 388 g/mol. The third kappa shape index (κ3) is 5.37. The fourth-order valence-electron chi connectivity index (χ4n) is 2.88. The monoisotopic (exact) mass is 387 g/mol. The van der Waals surface area contributed by atoms with Gasteiger partial charge in [-0.2, -0.15) is 0 Å². The molecule has 136 valence electrons. The average Bonchev–Trinajstić information content (AvgIpc) is 2.67. The van der Waals surface area contributed by atoms with Crippen LogP contribution in [0.5, 0.6) is 0 Å². The largest absolute Gasteiger partial charge is 0.381 e. The second-order valence-electron chi connectivity index (χ2n) is 6.28. The maximum absolute atomic E-state index is 12.3. The summed E-state index contributed by atoms with van der Waals surface area (Å²) < 4.78 is 5.50. The topological polar surface area (TPSA) is 38.3 Å². The first-order valence-electron chi connectivity index (χ1n) is 8.69. The third-order valence-electron chi connectivity index (χ3n) is 4.39. The minimum absolute atomic E-state index is 0.0342. The highest BCUT2D eigenvalue weighted by atomic mass is 35.5. The summed E-state index contributed by atoms with van der Waals surface area (Å²) in [6.45, 7) is 2.07. The molecule has 0 radical (unpaired) electrons. The van der Waals surface area contributed by atoms with Gasteiger partial charge in [-0.3, -0.25) is 4.79 Å². The highest BCUT2D eigenvalue weighted by molar-refractivity contribution is 8.00. The summed E-state index contributed by atoms with van der Waals surface area (Å²) in [7, 11) is 0. The van der Waals surface area contributed by atoms with E-state index < -0.39 is 0 Å². The smallest absolute Gasteiger partial charge is 0.244 e. The maximum atomic E-state index is 12.3. The lowest BCUT2D eigenvalue weighted by molar-refractivity contribution is -0.116. The van der Waals surface area contributed by atoms with Gasteiger partial charge in [0.05, 0.1) is 0 Å². The van der Waals surface area contributed by atoms with Gasteiger partial charge in [-0.25, -0.2) is 0 Å². The maximum Gasteiger partial charge on any atom is 0.244 e. The predicted molar refractivity (Wildman–Crippen MR) is 109 cm³/mol. The van der Waals surface area contributed by atoms with Crippen LogP contribution in [0.2, 0.25) is 5.02 Å². The van der Waals surface area contributed by atoms with Crippen molar-refractivity contribution in [2.45, 2.75) is 22.5 Å². The minimum atomic E-state index is -0.107. The van der Waals surface area contributed by atoms with Gasteiger partial charge in [0, 0.05) is 40.5 Å². The van der Waals surface area contributed by atoms with Crippen molar-refractivity contribution in [3.05, 3.63) is 71.3 Å². The van der Waals surface area contributed by atoms with Gasteiger partial charge in [0.25, 0.3) is 0 Å². The van der Waals surface area contributed by atoms with Gasteiger partial charge in [0.1, 0.15) is 0 Å². The molecular formula is C21H22ClNO2S. The number of benzene rings is 2. The molecule has 26 heavy (non-hydrogen) atoms. The van der Waals surface area contributed by atoms with Gasteiger partial charge in [-0.1, -0.05) is 48.0 Å². The minimum Gasteiger partial charge on any atom is -0.381 e. The molecule has 1 N–H and O–H groups in total. The molecule has 0 saturated carbocycles. The van der Waals surface area contributed by atoms with Gasteiger partial charge in [-0.05, 0) is 42.7 Å². The number of carbonyl (C=O) groups excluding carboxylic acids is 1.